The zero-order chi connectivity index (χ0) is 16.5. The molecule has 1 N–H and O–H groups in total. The van der Waals surface area contributed by atoms with Crippen molar-refractivity contribution in [2.45, 2.75) is 65.9 Å². The molecule has 0 aliphatic heterocycles. The van der Waals surface area contributed by atoms with Crippen molar-refractivity contribution < 1.29 is 19.7 Å². The number of hydrogen-bond acceptors (Lipinski definition) is 4. The smallest absolute Gasteiger partial charge is 0.428 e. The minimum Gasteiger partial charge on any atom is -0.428 e. The van der Waals surface area contributed by atoms with E-state index in [1.165, 1.54) is 0 Å². The summed E-state index contributed by atoms with van der Waals surface area (Å²) in [5.41, 5.74) is -0.203. The van der Waals surface area contributed by atoms with Crippen LogP contribution in [-0.2, 0) is 9.62 Å². The molecule has 0 saturated carbocycles. The molecular formula is C17H30O4. The number of hydrogen-bond donors (Lipinski definition) is 1. The first-order chi connectivity index (χ1) is 9.68. The Hall–Kier alpha value is -1.29. The average molecular weight is 298 g/mol. The van der Waals surface area contributed by atoms with Gasteiger partial charge in [-0.1, -0.05) is 52.7 Å². The highest BCUT2D eigenvalue weighted by Crippen LogP contribution is 2.30. The summed E-state index contributed by atoms with van der Waals surface area (Å²) in [5, 5.41) is 8.34. The third kappa shape index (κ3) is 7.90. The normalized spacial score (nSPS) is 13.4. The average Bonchev–Trinajstić information content (AvgIpc) is 2.45. The molecule has 21 heavy (non-hydrogen) atoms. The molecule has 0 aromatic rings. The number of rotatable bonds is 10. The summed E-state index contributed by atoms with van der Waals surface area (Å²) in [6.45, 7) is 15.8. The second kappa shape index (κ2) is 8.88. The highest BCUT2D eigenvalue weighted by molar-refractivity contribution is 5.59. The molecule has 0 heterocycles. The number of allylic oxidation sites excluding steroid dienone is 1. The monoisotopic (exact) mass is 298 g/mol. The number of carbonyl (C=O) groups excluding carboxylic acids is 1. The van der Waals surface area contributed by atoms with Gasteiger partial charge in [0.1, 0.15) is 6.10 Å². The van der Waals surface area contributed by atoms with E-state index in [0.717, 1.165) is 25.7 Å². The highest BCUT2D eigenvalue weighted by Gasteiger charge is 2.30. The predicted molar refractivity (Wildman–Crippen MR) is 85.0 cm³/mol. The van der Waals surface area contributed by atoms with Crippen molar-refractivity contribution in [3.05, 3.63) is 25.3 Å². The van der Waals surface area contributed by atoms with Gasteiger partial charge in [-0.2, -0.15) is 5.26 Å². The molecular weight excluding hydrogens is 268 g/mol. The van der Waals surface area contributed by atoms with Gasteiger partial charge in [0, 0.05) is 5.41 Å². The molecule has 0 radical (unpaired) electrons. The summed E-state index contributed by atoms with van der Waals surface area (Å²) in [5.74, 6) is 0. The minimum absolute atomic E-state index is 0.164. The van der Waals surface area contributed by atoms with Crippen molar-refractivity contribution in [3.63, 3.8) is 0 Å². The molecule has 0 aliphatic carbocycles. The maximum atomic E-state index is 11.1. The zero-order valence-electron chi connectivity index (χ0n) is 13.9. The van der Waals surface area contributed by atoms with Crippen LogP contribution >= 0.6 is 0 Å². The zero-order valence-corrected chi connectivity index (χ0v) is 13.9. The van der Waals surface area contributed by atoms with Gasteiger partial charge >= 0.3 is 6.16 Å². The van der Waals surface area contributed by atoms with Gasteiger partial charge < -0.3 is 4.74 Å². The third-order valence-corrected chi connectivity index (χ3v) is 4.01. The first-order valence-electron chi connectivity index (χ1n) is 7.47. The van der Waals surface area contributed by atoms with Crippen LogP contribution in [0.25, 0.3) is 0 Å². The van der Waals surface area contributed by atoms with Gasteiger partial charge in [0.25, 0.3) is 0 Å². The maximum Gasteiger partial charge on any atom is 0.540 e. The van der Waals surface area contributed by atoms with Gasteiger partial charge in [-0.3, -0.25) is 4.89 Å². The molecule has 1 atom stereocenters. The molecule has 0 saturated heterocycles. The second-order valence-corrected chi connectivity index (χ2v) is 6.77. The molecule has 122 valence electrons. The summed E-state index contributed by atoms with van der Waals surface area (Å²) >= 11 is 0. The minimum atomic E-state index is -1.07. The SMILES string of the molecule is C=CC(C)(C)CCCCCC(OC(=O)OO)C(C)(C)C=C. The Balaban J connectivity index is 4.28. The van der Waals surface area contributed by atoms with Gasteiger partial charge in [-0.05, 0) is 24.7 Å². The van der Waals surface area contributed by atoms with Crippen LogP contribution in [0.15, 0.2) is 25.3 Å². The molecule has 0 fully saturated rings. The van der Waals surface area contributed by atoms with E-state index in [1.54, 1.807) is 6.08 Å². The Bertz CT molecular complexity index is 345. The van der Waals surface area contributed by atoms with E-state index in [-0.39, 0.29) is 16.9 Å². The van der Waals surface area contributed by atoms with Crippen molar-refractivity contribution in [1.29, 1.82) is 0 Å². The number of carbonyl (C=O) groups is 1. The summed E-state index contributed by atoms with van der Waals surface area (Å²) in [7, 11) is 0. The Morgan fingerprint density at radius 3 is 2.24 bits per heavy atom. The molecule has 4 heteroatoms. The van der Waals surface area contributed by atoms with E-state index in [0.29, 0.717) is 6.42 Å². The van der Waals surface area contributed by atoms with Gasteiger partial charge in [-0.25, -0.2) is 4.79 Å². The maximum absolute atomic E-state index is 11.1. The van der Waals surface area contributed by atoms with E-state index >= 15 is 0 Å². The summed E-state index contributed by atoms with van der Waals surface area (Å²) in [6.07, 6.45) is 7.20. The van der Waals surface area contributed by atoms with Crippen molar-refractivity contribution >= 4 is 6.16 Å². The first kappa shape index (κ1) is 19.7. The molecule has 0 aromatic heterocycles. The molecule has 1 unspecified atom stereocenters. The quantitative estimate of drug-likeness (QED) is 0.194. The lowest BCUT2D eigenvalue weighted by Crippen LogP contribution is -2.32. The molecule has 0 aliphatic rings. The molecule has 0 spiro atoms. The van der Waals surface area contributed by atoms with Gasteiger partial charge in [0.2, 0.25) is 0 Å². The van der Waals surface area contributed by atoms with Crippen molar-refractivity contribution in [3.8, 4) is 0 Å². The van der Waals surface area contributed by atoms with E-state index in [9.17, 15) is 4.79 Å². The highest BCUT2D eigenvalue weighted by atomic mass is 17.1. The summed E-state index contributed by atoms with van der Waals surface area (Å²) < 4.78 is 5.13. The Kier molecular flexibility index (Phi) is 8.33. The van der Waals surface area contributed by atoms with E-state index in [4.69, 9.17) is 9.99 Å². The topological polar surface area (TPSA) is 55.8 Å². The molecule has 0 bridgehead atoms. The van der Waals surface area contributed by atoms with Crippen LogP contribution in [0.3, 0.4) is 0 Å². The third-order valence-electron chi connectivity index (χ3n) is 4.01. The summed E-state index contributed by atoms with van der Waals surface area (Å²) in [4.78, 5) is 14.7. The lowest BCUT2D eigenvalue weighted by molar-refractivity contribution is -0.209. The fourth-order valence-corrected chi connectivity index (χ4v) is 2.04. The fraction of sp³-hybridized carbons (Fsp3) is 0.706. The van der Waals surface area contributed by atoms with Crippen LogP contribution in [0, 0.1) is 10.8 Å². The second-order valence-electron chi connectivity index (χ2n) is 6.77. The molecule has 0 aromatic carbocycles. The predicted octanol–water partition coefficient (Wildman–Crippen LogP) is 5.36. The standard InChI is InChI=1S/C17H30O4/c1-7-16(3,4)13-11-9-10-12-14(17(5,6)8-2)20-15(18)21-19/h7-8,14,19H,1-2,9-13H2,3-6H3. The first-order valence-corrected chi connectivity index (χ1v) is 7.47. The molecule has 0 amide bonds. The van der Waals surface area contributed by atoms with Crippen LogP contribution in [0.2, 0.25) is 0 Å². The van der Waals surface area contributed by atoms with Crippen LogP contribution in [-0.4, -0.2) is 17.5 Å². The Morgan fingerprint density at radius 1 is 1.14 bits per heavy atom. The lowest BCUT2D eigenvalue weighted by Gasteiger charge is -2.30. The lowest BCUT2D eigenvalue weighted by atomic mass is 9.83. The van der Waals surface area contributed by atoms with Crippen molar-refractivity contribution in [2.24, 2.45) is 10.8 Å². The van der Waals surface area contributed by atoms with Crippen LogP contribution in [0.5, 0.6) is 0 Å². The van der Waals surface area contributed by atoms with Gasteiger partial charge in [0.15, 0.2) is 0 Å². The van der Waals surface area contributed by atoms with Gasteiger partial charge in [0.05, 0.1) is 0 Å². The fourth-order valence-electron chi connectivity index (χ4n) is 2.04. The molecule has 0 rings (SSSR count). The van der Waals surface area contributed by atoms with Crippen LogP contribution < -0.4 is 0 Å². The van der Waals surface area contributed by atoms with Crippen molar-refractivity contribution in [1.82, 2.24) is 0 Å². The van der Waals surface area contributed by atoms with E-state index < -0.39 is 6.16 Å². The Labute approximate surface area is 128 Å². The summed E-state index contributed by atoms with van der Waals surface area (Å²) in [6, 6.07) is 0. The van der Waals surface area contributed by atoms with Crippen LogP contribution in [0.1, 0.15) is 59.8 Å². The van der Waals surface area contributed by atoms with Crippen molar-refractivity contribution in [2.75, 3.05) is 0 Å². The number of unbranched alkanes of at least 4 members (excludes halogenated alkanes) is 2. The van der Waals surface area contributed by atoms with Crippen LogP contribution in [0.4, 0.5) is 4.79 Å². The Morgan fingerprint density at radius 2 is 1.76 bits per heavy atom. The largest absolute Gasteiger partial charge is 0.540 e. The van der Waals surface area contributed by atoms with E-state index in [1.807, 2.05) is 19.9 Å². The van der Waals surface area contributed by atoms with Gasteiger partial charge in [-0.15, -0.1) is 13.2 Å². The number of ether oxygens (including phenoxy) is 1. The molecule has 4 nitrogen and oxygen atoms in total. The van der Waals surface area contributed by atoms with E-state index in [2.05, 4.69) is 31.9 Å².